The molecule has 38 heavy (non-hydrogen) atoms. The molecule has 3 aromatic carbocycles. The molecule has 8 nitrogen and oxygen atoms in total. The van der Waals surface area contributed by atoms with Crippen LogP contribution >= 0.6 is 0 Å². The van der Waals surface area contributed by atoms with Gasteiger partial charge in [-0.2, -0.15) is 0 Å². The predicted octanol–water partition coefficient (Wildman–Crippen LogP) is 4.24. The molecule has 198 valence electrons. The normalized spacial score (nSPS) is 24.9. The monoisotopic (exact) mass is 518 g/mol. The summed E-state index contributed by atoms with van der Waals surface area (Å²) in [5, 5.41) is 0. The predicted molar refractivity (Wildman–Crippen MR) is 136 cm³/mol. The molecule has 6 atom stereocenters. The zero-order valence-corrected chi connectivity index (χ0v) is 21.0. The maximum absolute atomic E-state index is 13.2. The fraction of sp³-hybridized carbons (Fsp3) is 0.333. The van der Waals surface area contributed by atoms with E-state index in [9.17, 15) is 9.59 Å². The first-order valence-corrected chi connectivity index (χ1v) is 12.7. The second-order valence-electron chi connectivity index (χ2n) is 9.02. The van der Waals surface area contributed by atoms with Crippen molar-refractivity contribution in [1.29, 1.82) is 0 Å². The van der Waals surface area contributed by atoms with Crippen molar-refractivity contribution in [3.63, 3.8) is 0 Å². The molecule has 0 radical (unpaired) electrons. The number of hydrogen-bond donors (Lipinski definition) is 0. The van der Waals surface area contributed by atoms with Gasteiger partial charge in [-0.3, -0.25) is 0 Å². The van der Waals surface area contributed by atoms with E-state index in [1.165, 1.54) is 0 Å². The lowest BCUT2D eigenvalue weighted by Crippen LogP contribution is -2.58. The highest BCUT2D eigenvalue weighted by Crippen LogP contribution is 2.37. The van der Waals surface area contributed by atoms with Gasteiger partial charge in [0.25, 0.3) is 0 Å². The summed E-state index contributed by atoms with van der Waals surface area (Å²) in [5.74, 6) is -1.10. The third kappa shape index (κ3) is 5.95. The largest absolute Gasteiger partial charge is 0.464 e. The molecular weight excluding hydrogens is 488 g/mol. The van der Waals surface area contributed by atoms with Crippen molar-refractivity contribution in [3.8, 4) is 0 Å². The summed E-state index contributed by atoms with van der Waals surface area (Å²) >= 11 is 0. The van der Waals surface area contributed by atoms with Crippen molar-refractivity contribution in [1.82, 2.24) is 0 Å². The second kappa shape index (κ2) is 12.3. The van der Waals surface area contributed by atoms with Crippen LogP contribution in [0.25, 0.3) is 0 Å². The molecule has 3 aromatic rings. The number of hydrogen-bond acceptors (Lipinski definition) is 8. The minimum Gasteiger partial charge on any atom is -0.464 e. The molecule has 0 aromatic heterocycles. The van der Waals surface area contributed by atoms with Crippen molar-refractivity contribution < 1.29 is 38.0 Å². The molecule has 2 fully saturated rings. The first-order chi connectivity index (χ1) is 18.6. The van der Waals surface area contributed by atoms with E-state index in [0.717, 1.165) is 5.56 Å². The molecule has 2 heterocycles. The van der Waals surface area contributed by atoms with Crippen molar-refractivity contribution in [2.45, 2.75) is 50.3 Å². The van der Waals surface area contributed by atoms with E-state index in [2.05, 4.69) is 0 Å². The number of carbonyl (C=O) groups is 2. The Morgan fingerprint density at radius 3 is 2.21 bits per heavy atom. The van der Waals surface area contributed by atoms with Crippen molar-refractivity contribution >= 4 is 11.9 Å². The number of ether oxygens (including phenoxy) is 6. The minimum atomic E-state index is -1.08. The number of rotatable bonds is 10. The van der Waals surface area contributed by atoms with Gasteiger partial charge in [0.05, 0.1) is 25.4 Å². The van der Waals surface area contributed by atoms with Gasteiger partial charge in [-0.1, -0.05) is 78.9 Å². The summed E-state index contributed by atoms with van der Waals surface area (Å²) in [6.45, 7) is 2.41. The molecule has 8 heteroatoms. The zero-order chi connectivity index (χ0) is 26.3. The standard InChI is InChI=1S/C30H30O8/c1-2-33-29(32)24(21-14-8-4-9-15-21)37-27-26(38-28(31)22-16-10-5-11-17-22)25(23-19-35-30(27)36-23)34-18-20-12-6-3-7-13-20/h3-17,23-27,30H,2,18-19H2,1H3/t23-,24-,25-,26+,27-,30-/m1/s1. The van der Waals surface area contributed by atoms with Gasteiger partial charge >= 0.3 is 11.9 Å². The lowest BCUT2D eigenvalue weighted by atomic mass is 9.99. The minimum absolute atomic E-state index is 0.184. The third-order valence-corrected chi connectivity index (χ3v) is 6.45. The summed E-state index contributed by atoms with van der Waals surface area (Å²) < 4.78 is 36.0. The van der Waals surface area contributed by atoms with Crippen LogP contribution in [0.4, 0.5) is 0 Å². The molecule has 2 bridgehead atoms. The average Bonchev–Trinajstić information content (AvgIpc) is 3.39. The molecule has 0 saturated carbocycles. The van der Waals surface area contributed by atoms with E-state index in [1.807, 2.05) is 54.6 Å². The Balaban J connectivity index is 1.45. The first kappa shape index (κ1) is 26.1. The maximum atomic E-state index is 13.2. The van der Waals surface area contributed by atoms with Gasteiger partial charge in [0.15, 0.2) is 18.5 Å². The molecular formula is C30H30O8. The van der Waals surface area contributed by atoms with Crippen LogP contribution in [0.2, 0.25) is 0 Å². The Kier molecular flexibility index (Phi) is 8.45. The van der Waals surface area contributed by atoms with Gasteiger partial charge in [0.1, 0.15) is 18.3 Å². The Bertz CT molecular complexity index is 1190. The Morgan fingerprint density at radius 2 is 1.53 bits per heavy atom. The molecule has 2 aliphatic rings. The van der Waals surface area contributed by atoms with Gasteiger partial charge in [-0.05, 0) is 30.2 Å². The molecule has 2 saturated heterocycles. The molecule has 2 aliphatic heterocycles. The molecule has 0 amide bonds. The van der Waals surface area contributed by atoms with Gasteiger partial charge < -0.3 is 28.4 Å². The molecule has 5 rings (SSSR count). The summed E-state index contributed by atoms with van der Waals surface area (Å²) in [5.41, 5.74) is 1.94. The molecule has 0 unspecified atom stereocenters. The van der Waals surface area contributed by atoms with Gasteiger partial charge in [-0.25, -0.2) is 9.59 Å². The number of benzene rings is 3. The van der Waals surface area contributed by atoms with Crippen LogP contribution in [0.15, 0.2) is 91.0 Å². The van der Waals surface area contributed by atoms with Crippen LogP contribution in [0.5, 0.6) is 0 Å². The smallest absolute Gasteiger partial charge is 0.339 e. The maximum Gasteiger partial charge on any atom is 0.339 e. The third-order valence-electron chi connectivity index (χ3n) is 6.45. The van der Waals surface area contributed by atoms with E-state index < -0.39 is 48.7 Å². The fourth-order valence-electron chi connectivity index (χ4n) is 4.62. The molecule has 0 N–H and O–H groups in total. The van der Waals surface area contributed by atoms with Crippen LogP contribution in [0.3, 0.4) is 0 Å². The van der Waals surface area contributed by atoms with Crippen LogP contribution in [-0.4, -0.2) is 55.9 Å². The summed E-state index contributed by atoms with van der Waals surface area (Å²) in [4.78, 5) is 26.2. The van der Waals surface area contributed by atoms with Gasteiger partial charge in [-0.15, -0.1) is 0 Å². The Labute approximate surface area is 221 Å². The van der Waals surface area contributed by atoms with Crippen LogP contribution in [0.1, 0.15) is 34.5 Å². The SMILES string of the molecule is CCOC(=O)[C@H](O[C@H]1[C@@H]2OC[C@@H](O2)[C@@H](OCc2ccccc2)[C@@H]1OC(=O)c1ccccc1)c1ccccc1. The van der Waals surface area contributed by atoms with E-state index >= 15 is 0 Å². The van der Waals surface area contributed by atoms with E-state index in [1.54, 1.807) is 43.3 Å². The quantitative estimate of drug-likeness (QED) is 0.368. The van der Waals surface area contributed by atoms with Gasteiger partial charge in [0.2, 0.25) is 0 Å². The lowest BCUT2D eigenvalue weighted by Gasteiger charge is -2.40. The average molecular weight is 519 g/mol. The molecule has 0 spiro atoms. The number of esters is 2. The molecule has 0 aliphatic carbocycles. The number of fused-ring (bicyclic) bond motifs is 2. The van der Waals surface area contributed by atoms with Crippen molar-refractivity contribution in [2.24, 2.45) is 0 Å². The highest BCUT2D eigenvalue weighted by atomic mass is 16.8. The lowest BCUT2D eigenvalue weighted by molar-refractivity contribution is -0.263. The highest BCUT2D eigenvalue weighted by Gasteiger charge is 2.55. The first-order valence-electron chi connectivity index (χ1n) is 12.7. The zero-order valence-electron chi connectivity index (χ0n) is 21.0. The number of carbonyl (C=O) groups excluding carboxylic acids is 2. The summed E-state index contributed by atoms with van der Waals surface area (Å²) in [6, 6.07) is 27.4. The highest BCUT2D eigenvalue weighted by molar-refractivity contribution is 5.89. The van der Waals surface area contributed by atoms with Crippen LogP contribution in [0, 0.1) is 0 Å². The van der Waals surface area contributed by atoms with Crippen LogP contribution in [-0.2, 0) is 39.8 Å². The Hall–Kier alpha value is -3.56. The van der Waals surface area contributed by atoms with Crippen LogP contribution < -0.4 is 0 Å². The second-order valence-corrected chi connectivity index (χ2v) is 9.02. The van der Waals surface area contributed by atoms with Crippen molar-refractivity contribution in [2.75, 3.05) is 13.2 Å². The topological polar surface area (TPSA) is 89.5 Å². The van der Waals surface area contributed by atoms with E-state index in [-0.39, 0.29) is 19.8 Å². The summed E-state index contributed by atoms with van der Waals surface area (Å²) in [7, 11) is 0. The Morgan fingerprint density at radius 1 is 0.868 bits per heavy atom. The van der Waals surface area contributed by atoms with Crippen molar-refractivity contribution in [3.05, 3.63) is 108 Å². The van der Waals surface area contributed by atoms with E-state index in [4.69, 9.17) is 28.4 Å². The fourth-order valence-corrected chi connectivity index (χ4v) is 4.62. The summed E-state index contributed by atoms with van der Waals surface area (Å²) in [6.07, 6.45) is -5.00. The van der Waals surface area contributed by atoms with E-state index in [0.29, 0.717) is 11.1 Å². The van der Waals surface area contributed by atoms with Gasteiger partial charge in [0, 0.05) is 0 Å².